The summed E-state index contributed by atoms with van der Waals surface area (Å²) in [7, 11) is 0. The number of rotatable bonds is 6. The number of piperidine rings is 1. The molecule has 202 valence electrons. The molecule has 2 saturated heterocycles. The van der Waals surface area contributed by atoms with E-state index < -0.39 is 48.8 Å². The summed E-state index contributed by atoms with van der Waals surface area (Å²) in [6, 6.07) is 6.37. The van der Waals surface area contributed by atoms with Crippen LogP contribution in [0.1, 0.15) is 75.7 Å². The van der Waals surface area contributed by atoms with Crippen LogP contribution in [0.25, 0.3) is 0 Å². The number of carbonyl (C=O) groups excluding carboxylic acids is 3. The molecule has 5 rings (SSSR count). The second kappa shape index (κ2) is 9.78. The first-order valence-corrected chi connectivity index (χ1v) is 12.3. The second-order valence-corrected chi connectivity index (χ2v) is 10.9. The smallest absolute Gasteiger partial charge is 0.255 e. The van der Waals surface area contributed by atoms with Crippen molar-refractivity contribution in [1.82, 2.24) is 15.1 Å². The van der Waals surface area contributed by atoms with E-state index in [0.29, 0.717) is 24.5 Å². The van der Waals surface area contributed by atoms with Gasteiger partial charge < -0.3 is 14.4 Å². The molecular weight excluding hydrogens is 489 g/mol. The van der Waals surface area contributed by atoms with E-state index in [-0.39, 0.29) is 40.2 Å². The molecule has 0 aromatic heterocycles. The maximum atomic E-state index is 14.9. The molecule has 3 aliphatic heterocycles. The van der Waals surface area contributed by atoms with Gasteiger partial charge in [0.05, 0.1) is 20.4 Å². The van der Waals surface area contributed by atoms with Crippen LogP contribution in [0.3, 0.4) is 0 Å². The minimum absolute atomic E-state index is 0.138. The van der Waals surface area contributed by atoms with Gasteiger partial charge in [-0.25, -0.2) is 4.39 Å². The van der Waals surface area contributed by atoms with E-state index in [1.54, 1.807) is 17.4 Å². The number of amides is 3. The zero-order valence-corrected chi connectivity index (χ0v) is 21.7. The van der Waals surface area contributed by atoms with Crippen LogP contribution in [-0.4, -0.2) is 57.9 Å². The van der Waals surface area contributed by atoms with Gasteiger partial charge in [0.2, 0.25) is 11.8 Å². The number of imide groups is 1. The molecule has 1 atom stereocenters. The van der Waals surface area contributed by atoms with Gasteiger partial charge in [0.25, 0.3) is 5.91 Å². The highest BCUT2D eigenvalue weighted by molar-refractivity contribution is 6.05. The van der Waals surface area contributed by atoms with Crippen LogP contribution in [0.15, 0.2) is 36.4 Å². The molecule has 1 N–H and O–H groups in total. The number of benzene rings is 2. The Bertz CT molecular complexity index is 1530. The summed E-state index contributed by atoms with van der Waals surface area (Å²) in [6.45, 7) is 6.72. The Hall–Kier alpha value is -3.30. The molecule has 2 aromatic carbocycles. The lowest BCUT2D eigenvalue weighted by molar-refractivity contribution is -0.182. The fourth-order valence-corrected chi connectivity index (χ4v) is 5.33. The predicted octanol–water partition coefficient (Wildman–Crippen LogP) is 3.56. The summed E-state index contributed by atoms with van der Waals surface area (Å²) < 4.78 is 76.9. The monoisotopic (exact) mass is 529 g/mol. The number of ether oxygens (including phenoxy) is 2. The second-order valence-electron chi connectivity index (χ2n) is 10.9. The molecular formula is C29H34FN3O5. The van der Waals surface area contributed by atoms with Gasteiger partial charge in [-0.1, -0.05) is 12.1 Å². The molecule has 9 heteroatoms. The Morgan fingerprint density at radius 1 is 1.13 bits per heavy atom. The molecule has 0 bridgehead atoms. The van der Waals surface area contributed by atoms with Crippen LogP contribution in [0.2, 0.25) is 0 Å². The molecule has 2 aromatic rings. The summed E-state index contributed by atoms with van der Waals surface area (Å²) >= 11 is 0. The maximum absolute atomic E-state index is 14.9. The van der Waals surface area contributed by atoms with Crippen molar-refractivity contribution in [2.75, 3.05) is 13.1 Å². The molecule has 3 amide bonds. The molecule has 0 aliphatic carbocycles. The van der Waals surface area contributed by atoms with Crippen LogP contribution < -0.4 is 10.1 Å². The molecule has 0 saturated carbocycles. The van der Waals surface area contributed by atoms with E-state index >= 15 is 0 Å². The van der Waals surface area contributed by atoms with Gasteiger partial charge in [0.15, 0.2) is 0 Å². The van der Waals surface area contributed by atoms with Crippen molar-refractivity contribution in [3.05, 3.63) is 64.5 Å². The lowest BCUT2D eigenvalue weighted by Gasteiger charge is -2.47. The van der Waals surface area contributed by atoms with Crippen molar-refractivity contribution >= 4 is 17.7 Å². The average Bonchev–Trinajstić information content (AvgIpc) is 3.07. The van der Waals surface area contributed by atoms with E-state index in [4.69, 9.17) is 17.7 Å². The number of carbonyl (C=O) groups is 3. The summed E-state index contributed by atoms with van der Waals surface area (Å²) in [5.74, 6) is -4.66. The van der Waals surface area contributed by atoms with Crippen LogP contribution in [0.4, 0.5) is 4.39 Å². The first-order valence-electron chi connectivity index (χ1n) is 15.3. The third kappa shape index (κ3) is 5.44. The lowest BCUT2D eigenvalue weighted by Crippen LogP contribution is -2.56. The maximum Gasteiger partial charge on any atom is 0.255 e. The van der Waals surface area contributed by atoms with E-state index in [1.165, 1.54) is 24.3 Å². The Morgan fingerprint density at radius 3 is 2.61 bits per heavy atom. The van der Waals surface area contributed by atoms with E-state index in [2.05, 4.69) is 4.90 Å². The Labute approximate surface area is 230 Å². The highest BCUT2D eigenvalue weighted by atomic mass is 19.1. The van der Waals surface area contributed by atoms with E-state index in [0.717, 1.165) is 5.56 Å². The number of nitrogens with one attached hydrogen (secondary N) is 1. The number of hydrogen-bond donors (Lipinski definition) is 1. The Balaban J connectivity index is 1.41. The zero-order chi connectivity index (χ0) is 32.6. The SMILES string of the molecule is [2H]C1([2H])c2c(OCc3cc(CN4CC(C)(C)OC(C)(C)C4)ccc3F)cccc2C(=O)N1C1C(=O)NC(=O)C([2H])([2H])C1([2H])[2H]. The highest BCUT2D eigenvalue weighted by Crippen LogP contribution is 2.34. The van der Waals surface area contributed by atoms with E-state index in [1.807, 2.05) is 27.7 Å². The Kier molecular flexibility index (Phi) is 5.08. The molecule has 0 radical (unpaired) electrons. The quantitative estimate of drug-likeness (QED) is 0.576. The third-order valence-corrected chi connectivity index (χ3v) is 6.43. The largest absolute Gasteiger partial charge is 0.488 e. The van der Waals surface area contributed by atoms with Gasteiger partial charge in [0.1, 0.15) is 24.2 Å². The molecule has 3 heterocycles. The lowest BCUT2D eigenvalue weighted by atomic mass is 9.98. The number of nitrogens with zero attached hydrogens (tertiary/aromatic N) is 2. The van der Waals surface area contributed by atoms with Gasteiger partial charge in [-0.2, -0.15) is 0 Å². The number of morpholine rings is 1. The molecule has 3 aliphatic rings. The first kappa shape index (κ1) is 19.7. The van der Waals surface area contributed by atoms with Crippen LogP contribution in [-0.2, 0) is 34.0 Å². The minimum atomic E-state index is -3.27. The zero-order valence-electron chi connectivity index (χ0n) is 27.7. The summed E-state index contributed by atoms with van der Waals surface area (Å²) in [6.07, 6.45) is -6.52. The third-order valence-electron chi connectivity index (χ3n) is 6.43. The predicted molar refractivity (Wildman–Crippen MR) is 138 cm³/mol. The fourth-order valence-electron chi connectivity index (χ4n) is 5.33. The van der Waals surface area contributed by atoms with Gasteiger partial charge in [-0.3, -0.25) is 24.6 Å². The first-order chi connectivity index (χ1) is 20.2. The normalized spacial score (nSPS) is 29.1. The molecule has 38 heavy (non-hydrogen) atoms. The van der Waals surface area contributed by atoms with Crippen molar-refractivity contribution in [3.8, 4) is 5.75 Å². The van der Waals surface area contributed by atoms with Crippen LogP contribution >= 0.6 is 0 Å². The molecule has 8 nitrogen and oxygen atoms in total. The van der Waals surface area contributed by atoms with Crippen LogP contribution in [0, 0.1) is 5.82 Å². The van der Waals surface area contributed by atoms with Crippen molar-refractivity contribution < 1.29 is 36.5 Å². The number of halogens is 1. The minimum Gasteiger partial charge on any atom is -0.488 e. The Morgan fingerprint density at radius 2 is 1.87 bits per heavy atom. The summed E-state index contributed by atoms with van der Waals surface area (Å²) in [5, 5.41) is 1.71. The van der Waals surface area contributed by atoms with Gasteiger partial charge in [-0.05, 0) is 63.9 Å². The van der Waals surface area contributed by atoms with Crippen molar-refractivity contribution in [1.29, 1.82) is 0 Å². The van der Waals surface area contributed by atoms with Crippen molar-refractivity contribution in [2.45, 2.75) is 77.3 Å². The molecule has 1 unspecified atom stereocenters. The van der Waals surface area contributed by atoms with Gasteiger partial charge >= 0.3 is 0 Å². The molecule has 0 spiro atoms. The summed E-state index contributed by atoms with van der Waals surface area (Å²) in [4.78, 5) is 40.8. The van der Waals surface area contributed by atoms with Gasteiger partial charge in [-0.15, -0.1) is 0 Å². The molecule has 2 fully saturated rings. The summed E-state index contributed by atoms with van der Waals surface area (Å²) in [5.41, 5.74) is -0.295. The average molecular weight is 530 g/mol. The van der Waals surface area contributed by atoms with E-state index in [9.17, 15) is 18.8 Å². The fraction of sp³-hybridized carbons (Fsp3) is 0.483. The standard InChI is InChI=1S/C29H34FN3O5/c1-28(2)16-32(17-29(3,4)38-28)13-18-8-9-22(30)19(12-18)15-37-24-7-5-6-20-21(24)14-33(27(20)36)23-10-11-25(34)31-26(23)35/h5-9,12,23H,10-11,13-17H2,1-4H3,(H,31,34,35)/i10D2,11D2,14D2. The number of hydrogen-bond acceptors (Lipinski definition) is 6. The van der Waals surface area contributed by atoms with Crippen molar-refractivity contribution in [3.63, 3.8) is 0 Å². The topological polar surface area (TPSA) is 88.2 Å². The highest BCUT2D eigenvalue weighted by Gasteiger charge is 2.40. The van der Waals surface area contributed by atoms with Crippen molar-refractivity contribution in [2.24, 2.45) is 0 Å². The number of fused-ring (bicyclic) bond motifs is 1. The van der Waals surface area contributed by atoms with Gasteiger partial charge in [0, 0.05) is 48.2 Å². The van der Waals surface area contributed by atoms with Crippen LogP contribution in [0.5, 0.6) is 5.75 Å².